The van der Waals surface area contributed by atoms with Crippen molar-refractivity contribution in [3.63, 3.8) is 0 Å². The molecule has 0 saturated heterocycles. The maximum absolute atomic E-state index is 3.67. The Balaban J connectivity index is 3.44. The zero-order valence-corrected chi connectivity index (χ0v) is 9.47. The lowest BCUT2D eigenvalue weighted by atomic mass is 10.3. The average Bonchev–Trinajstić information content (AvgIpc) is 2.17. The molecular weight excluding hydrogens is 160 g/mol. The molecule has 2 heteroatoms. The van der Waals surface area contributed by atoms with E-state index in [1.54, 1.807) is 0 Å². The Bertz CT molecular complexity index is 128. The molecule has 13 heavy (non-hydrogen) atoms. The van der Waals surface area contributed by atoms with E-state index >= 15 is 0 Å². The van der Waals surface area contributed by atoms with E-state index in [0.29, 0.717) is 0 Å². The Kier molecular flexibility index (Phi) is 6.92. The molecule has 0 aliphatic rings. The summed E-state index contributed by atoms with van der Waals surface area (Å²) in [6.07, 6.45) is 3.17. The van der Waals surface area contributed by atoms with Gasteiger partial charge in [0.05, 0.1) is 26.7 Å². The van der Waals surface area contributed by atoms with Gasteiger partial charge in [0.25, 0.3) is 0 Å². The molecule has 0 spiro atoms. The van der Waals surface area contributed by atoms with Crippen molar-refractivity contribution in [2.45, 2.75) is 20.3 Å². The van der Waals surface area contributed by atoms with E-state index in [2.05, 4.69) is 32.8 Å². The van der Waals surface area contributed by atoms with Crippen LogP contribution in [0.3, 0.4) is 0 Å². The van der Waals surface area contributed by atoms with Gasteiger partial charge in [-0.2, -0.15) is 0 Å². The third-order valence-electron chi connectivity index (χ3n) is 2.87. The minimum absolute atomic E-state index is 0.933. The first kappa shape index (κ1) is 12.7. The maximum atomic E-state index is 3.67. The van der Waals surface area contributed by atoms with E-state index in [4.69, 9.17) is 0 Å². The minimum Gasteiger partial charge on any atom is -0.326 e. The molecule has 0 aliphatic carbocycles. The summed E-state index contributed by atoms with van der Waals surface area (Å²) in [5.41, 5.74) is 0. The van der Waals surface area contributed by atoms with Crippen molar-refractivity contribution in [1.82, 2.24) is 5.32 Å². The van der Waals surface area contributed by atoms with Gasteiger partial charge in [-0.1, -0.05) is 6.08 Å². The van der Waals surface area contributed by atoms with E-state index < -0.39 is 0 Å². The molecule has 0 bridgehead atoms. The van der Waals surface area contributed by atoms with Gasteiger partial charge in [0.2, 0.25) is 0 Å². The first-order valence-corrected chi connectivity index (χ1v) is 5.33. The topological polar surface area (TPSA) is 12.0 Å². The summed E-state index contributed by atoms with van der Waals surface area (Å²) in [6.45, 7) is 14.0. The van der Waals surface area contributed by atoms with Crippen LogP contribution in [-0.2, 0) is 0 Å². The Labute approximate surface area is 83.2 Å². The van der Waals surface area contributed by atoms with E-state index in [0.717, 1.165) is 13.1 Å². The normalized spacial score (nSPS) is 11.6. The zero-order valence-electron chi connectivity index (χ0n) is 9.47. The quantitative estimate of drug-likeness (QED) is 0.344. The zero-order chi connectivity index (χ0) is 10.2. The van der Waals surface area contributed by atoms with Crippen LogP contribution in [0.25, 0.3) is 0 Å². The fourth-order valence-electron chi connectivity index (χ4n) is 1.33. The van der Waals surface area contributed by atoms with Gasteiger partial charge in [0.1, 0.15) is 0 Å². The Hall–Kier alpha value is -0.340. The molecule has 0 aromatic heterocycles. The van der Waals surface area contributed by atoms with E-state index in [1.165, 1.54) is 30.5 Å². The maximum Gasteiger partial charge on any atom is 0.0796 e. The molecule has 0 unspecified atom stereocenters. The smallest absolute Gasteiger partial charge is 0.0796 e. The molecule has 2 nitrogen and oxygen atoms in total. The largest absolute Gasteiger partial charge is 0.326 e. The Morgan fingerprint density at radius 3 is 2.38 bits per heavy atom. The molecule has 0 radical (unpaired) electrons. The highest BCUT2D eigenvalue weighted by molar-refractivity contribution is 4.69. The molecule has 0 atom stereocenters. The fraction of sp³-hybridized carbons (Fsp3) is 0.818. The summed E-state index contributed by atoms with van der Waals surface area (Å²) in [7, 11) is 2.33. The number of nitrogens with zero attached hydrogens (tertiary/aromatic N) is 1. The first-order valence-electron chi connectivity index (χ1n) is 5.33. The lowest BCUT2D eigenvalue weighted by Crippen LogP contribution is -2.45. The van der Waals surface area contributed by atoms with Crippen molar-refractivity contribution in [1.29, 1.82) is 0 Å². The van der Waals surface area contributed by atoms with Crippen LogP contribution in [0.1, 0.15) is 20.3 Å². The Morgan fingerprint density at radius 1 is 1.31 bits per heavy atom. The SMILES string of the molecule is C=CCNCCC[N+](C)(CC)CC. The second-order valence-electron chi connectivity index (χ2n) is 3.82. The third kappa shape index (κ3) is 5.83. The van der Waals surface area contributed by atoms with Crippen LogP contribution in [0.4, 0.5) is 0 Å². The van der Waals surface area contributed by atoms with Crippen molar-refractivity contribution in [3.05, 3.63) is 12.7 Å². The van der Waals surface area contributed by atoms with Crippen molar-refractivity contribution >= 4 is 0 Å². The van der Waals surface area contributed by atoms with Crippen molar-refractivity contribution in [2.24, 2.45) is 0 Å². The number of hydrogen-bond acceptors (Lipinski definition) is 1. The van der Waals surface area contributed by atoms with E-state index in [1.807, 2.05) is 6.08 Å². The molecule has 0 aliphatic heterocycles. The number of rotatable bonds is 8. The average molecular weight is 185 g/mol. The molecule has 1 N–H and O–H groups in total. The van der Waals surface area contributed by atoms with Crippen LogP contribution >= 0.6 is 0 Å². The summed E-state index contributed by atoms with van der Waals surface area (Å²) in [5.74, 6) is 0. The van der Waals surface area contributed by atoms with Crippen molar-refractivity contribution in [3.8, 4) is 0 Å². The lowest BCUT2D eigenvalue weighted by molar-refractivity contribution is -0.906. The molecule has 0 aromatic carbocycles. The fourth-order valence-corrected chi connectivity index (χ4v) is 1.33. The second-order valence-corrected chi connectivity index (χ2v) is 3.82. The van der Waals surface area contributed by atoms with Crippen LogP contribution in [0.15, 0.2) is 12.7 Å². The van der Waals surface area contributed by atoms with E-state index in [9.17, 15) is 0 Å². The van der Waals surface area contributed by atoms with Crippen LogP contribution in [0.2, 0.25) is 0 Å². The van der Waals surface area contributed by atoms with E-state index in [-0.39, 0.29) is 0 Å². The van der Waals surface area contributed by atoms with Crippen molar-refractivity contribution < 1.29 is 4.48 Å². The van der Waals surface area contributed by atoms with Gasteiger partial charge in [-0.3, -0.25) is 0 Å². The standard InChI is InChI=1S/C11H25N2/c1-5-9-12-10-8-11-13(4,6-2)7-3/h5,12H,1,6-11H2,2-4H3/q+1. The molecule has 0 saturated carbocycles. The molecule has 78 valence electrons. The van der Waals surface area contributed by atoms with Gasteiger partial charge in [-0.15, -0.1) is 6.58 Å². The van der Waals surface area contributed by atoms with Gasteiger partial charge in [-0.25, -0.2) is 0 Å². The predicted molar refractivity (Wildman–Crippen MR) is 59.8 cm³/mol. The first-order chi connectivity index (χ1) is 6.18. The Morgan fingerprint density at radius 2 is 1.92 bits per heavy atom. The summed E-state index contributed by atoms with van der Waals surface area (Å²) >= 11 is 0. The third-order valence-corrected chi connectivity index (χ3v) is 2.87. The van der Waals surface area contributed by atoms with Crippen LogP contribution in [-0.4, -0.2) is 44.3 Å². The van der Waals surface area contributed by atoms with Crippen LogP contribution < -0.4 is 5.32 Å². The summed E-state index contributed by atoms with van der Waals surface area (Å²) in [6, 6.07) is 0. The molecule has 0 aromatic rings. The molecular formula is C11H25N2+. The van der Waals surface area contributed by atoms with Crippen molar-refractivity contribution in [2.75, 3.05) is 39.8 Å². The molecule has 0 amide bonds. The second kappa shape index (κ2) is 7.10. The highest BCUT2D eigenvalue weighted by Gasteiger charge is 2.14. The molecule has 0 rings (SSSR count). The summed E-state index contributed by atoms with van der Waals surface area (Å²) in [5, 5.41) is 3.33. The van der Waals surface area contributed by atoms with Gasteiger partial charge in [0.15, 0.2) is 0 Å². The summed E-state index contributed by atoms with van der Waals surface area (Å²) < 4.78 is 1.19. The van der Waals surface area contributed by atoms with Gasteiger partial charge >= 0.3 is 0 Å². The monoisotopic (exact) mass is 185 g/mol. The number of quaternary nitrogens is 1. The van der Waals surface area contributed by atoms with Gasteiger partial charge < -0.3 is 9.80 Å². The number of nitrogens with one attached hydrogen (secondary N) is 1. The minimum atomic E-state index is 0.933. The summed E-state index contributed by atoms with van der Waals surface area (Å²) in [4.78, 5) is 0. The number of hydrogen-bond donors (Lipinski definition) is 1. The predicted octanol–water partition coefficient (Wildman–Crippen LogP) is 1.64. The van der Waals surface area contributed by atoms with Crippen LogP contribution in [0.5, 0.6) is 0 Å². The van der Waals surface area contributed by atoms with Crippen LogP contribution in [0, 0.1) is 0 Å². The molecule has 0 heterocycles. The van der Waals surface area contributed by atoms with Gasteiger partial charge in [-0.05, 0) is 13.8 Å². The highest BCUT2D eigenvalue weighted by Crippen LogP contribution is 2.01. The lowest BCUT2D eigenvalue weighted by Gasteiger charge is -2.32. The highest BCUT2D eigenvalue weighted by atomic mass is 15.3. The van der Waals surface area contributed by atoms with Gasteiger partial charge in [0, 0.05) is 19.5 Å². The molecule has 0 fully saturated rings.